The van der Waals surface area contributed by atoms with Crippen LogP contribution in [-0.2, 0) is 26.2 Å². The summed E-state index contributed by atoms with van der Waals surface area (Å²) in [6.45, 7) is 12.7. The highest BCUT2D eigenvalue weighted by Gasteiger charge is 2.33. The van der Waals surface area contributed by atoms with Crippen LogP contribution < -0.4 is 9.62 Å². The molecule has 9 heteroatoms. The fourth-order valence-corrected chi connectivity index (χ4v) is 5.74. The molecule has 0 aliphatic carbocycles. The molecule has 0 radical (unpaired) electrons. The van der Waals surface area contributed by atoms with Gasteiger partial charge >= 0.3 is 0 Å². The number of amides is 2. The Labute approximate surface area is 243 Å². The second kappa shape index (κ2) is 12.4. The summed E-state index contributed by atoms with van der Waals surface area (Å²) in [4.78, 5) is 28.7. The molecule has 2 amide bonds. The number of anilines is 1. The van der Waals surface area contributed by atoms with Gasteiger partial charge in [0.05, 0.1) is 10.6 Å². The van der Waals surface area contributed by atoms with E-state index in [1.54, 1.807) is 19.1 Å². The Bertz CT molecular complexity index is 1480. The van der Waals surface area contributed by atoms with E-state index < -0.39 is 34.1 Å². The molecule has 1 N–H and O–H groups in total. The average Bonchev–Trinajstić information content (AvgIpc) is 2.86. The summed E-state index contributed by atoms with van der Waals surface area (Å²) in [5.41, 5.74) is 3.57. The van der Waals surface area contributed by atoms with Crippen LogP contribution in [0.4, 0.5) is 5.69 Å². The van der Waals surface area contributed by atoms with Gasteiger partial charge in [0, 0.05) is 17.1 Å². The maximum Gasteiger partial charge on any atom is 0.264 e. The highest BCUT2D eigenvalue weighted by Crippen LogP contribution is 2.27. The predicted octanol–water partition coefficient (Wildman–Crippen LogP) is 5.79. The van der Waals surface area contributed by atoms with Crippen LogP contribution in [0.3, 0.4) is 0 Å². The van der Waals surface area contributed by atoms with Gasteiger partial charge in [-0.05, 0) is 102 Å². The fraction of sp³-hybridized carbons (Fsp3) is 0.355. The largest absolute Gasteiger partial charge is 0.350 e. The summed E-state index contributed by atoms with van der Waals surface area (Å²) in [5, 5.41) is 3.33. The number of sulfonamides is 1. The number of nitrogens with zero attached hydrogens (tertiary/aromatic N) is 2. The maximum absolute atomic E-state index is 14.0. The van der Waals surface area contributed by atoms with Gasteiger partial charge in [-0.3, -0.25) is 13.9 Å². The van der Waals surface area contributed by atoms with Crippen LogP contribution >= 0.6 is 11.6 Å². The summed E-state index contributed by atoms with van der Waals surface area (Å²) in [7, 11) is -4.16. The maximum atomic E-state index is 14.0. The van der Waals surface area contributed by atoms with E-state index in [0.29, 0.717) is 10.7 Å². The van der Waals surface area contributed by atoms with E-state index in [-0.39, 0.29) is 17.3 Å². The monoisotopic (exact) mass is 583 g/mol. The second-order valence-electron chi connectivity index (χ2n) is 11.2. The van der Waals surface area contributed by atoms with E-state index in [9.17, 15) is 18.0 Å². The first-order chi connectivity index (χ1) is 18.6. The van der Waals surface area contributed by atoms with E-state index in [0.717, 1.165) is 26.6 Å². The normalized spacial score (nSPS) is 12.5. The Morgan fingerprint density at radius 3 is 2.15 bits per heavy atom. The number of hydrogen-bond acceptors (Lipinski definition) is 4. The van der Waals surface area contributed by atoms with Crippen LogP contribution in [0.2, 0.25) is 5.02 Å². The molecule has 214 valence electrons. The number of hydrogen-bond donors (Lipinski definition) is 1. The summed E-state index contributed by atoms with van der Waals surface area (Å²) in [6.07, 6.45) is 0. The smallest absolute Gasteiger partial charge is 0.264 e. The molecule has 0 bridgehead atoms. The molecule has 40 heavy (non-hydrogen) atoms. The summed E-state index contributed by atoms with van der Waals surface area (Å²) in [6, 6.07) is 17.9. The lowest BCUT2D eigenvalue weighted by molar-refractivity contribution is -0.140. The third-order valence-electron chi connectivity index (χ3n) is 6.56. The van der Waals surface area contributed by atoms with Gasteiger partial charge in [-0.2, -0.15) is 0 Å². The van der Waals surface area contributed by atoms with Crippen molar-refractivity contribution in [1.82, 2.24) is 10.2 Å². The zero-order valence-corrected chi connectivity index (χ0v) is 25.7. The molecule has 0 fully saturated rings. The molecule has 7 nitrogen and oxygen atoms in total. The standard InChI is InChI=1S/C31H38ClN3O4S/c1-21-9-8-10-25(17-21)19-34(24(4)30(37)33-31(5,6)7)29(36)20-35(27-14-11-22(2)23(3)18-27)40(38,39)28-15-12-26(32)13-16-28/h8-18,24H,19-20H2,1-7H3,(H,33,37). The van der Waals surface area contributed by atoms with E-state index in [4.69, 9.17) is 11.6 Å². The molecule has 1 unspecified atom stereocenters. The van der Waals surface area contributed by atoms with Gasteiger partial charge in [-0.1, -0.05) is 47.5 Å². The zero-order valence-electron chi connectivity index (χ0n) is 24.2. The fourth-order valence-electron chi connectivity index (χ4n) is 4.21. The lowest BCUT2D eigenvalue weighted by atomic mass is 10.1. The summed E-state index contributed by atoms with van der Waals surface area (Å²) >= 11 is 6.01. The molecular weight excluding hydrogens is 546 g/mol. The minimum Gasteiger partial charge on any atom is -0.350 e. The number of carbonyl (C=O) groups is 2. The zero-order chi connectivity index (χ0) is 29.8. The van der Waals surface area contributed by atoms with E-state index >= 15 is 0 Å². The molecule has 0 saturated carbocycles. The van der Waals surface area contributed by atoms with Crippen molar-refractivity contribution in [2.24, 2.45) is 0 Å². The molecule has 1 atom stereocenters. The first-order valence-corrected chi connectivity index (χ1v) is 14.9. The van der Waals surface area contributed by atoms with Crippen LogP contribution in [0.25, 0.3) is 0 Å². The van der Waals surface area contributed by atoms with Crippen molar-refractivity contribution in [3.8, 4) is 0 Å². The van der Waals surface area contributed by atoms with E-state index in [1.165, 1.54) is 29.2 Å². The van der Waals surface area contributed by atoms with Gasteiger partial charge < -0.3 is 10.2 Å². The van der Waals surface area contributed by atoms with Crippen LogP contribution in [0, 0.1) is 20.8 Å². The van der Waals surface area contributed by atoms with Gasteiger partial charge in [-0.25, -0.2) is 8.42 Å². The lowest BCUT2D eigenvalue weighted by Gasteiger charge is -2.33. The van der Waals surface area contributed by atoms with Crippen LogP contribution in [-0.4, -0.2) is 43.3 Å². The van der Waals surface area contributed by atoms with Crippen molar-refractivity contribution in [1.29, 1.82) is 0 Å². The third-order valence-corrected chi connectivity index (χ3v) is 8.60. The molecule has 3 rings (SSSR count). The van der Waals surface area contributed by atoms with Crippen molar-refractivity contribution < 1.29 is 18.0 Å². The number of nitrogens with one attached hydrogen (secondary N) is 1. The molecule has 0 aliphatic rings. The SMILES string of the molecule is Cc1cccc(CN(C(=O)CN(c2ccc(C)c(C)c2)S(=O)(=O)c2ccc(Cl)cc2)C(C)C(=O)NC(C)(C)C)c1. The second-order valence-corrected chi connectivity index (χ2v) is 13.5. The Hall–Kier alpha value is -3.36. The Morgan fingerprint density at radius 2 is 1.57 bits per heavy atom. The van der Waals surface area contributed by atoms with Crippen molar-refractivity contribution >= 4 is 39.1 Å². The molecule has 0 saturated heterocycles. The molecule has 3 aromatic carbocycles. The summed E-state index contributed by atoms with van der Waals surface area (Å²) < 4.78 is 29.0. The van der Waals surface area contributed by atoms with Crippen molar-refractivity contribution in [3.05, 3.63) is 94.0 Å². The third kappa shape index (κ3) is 7.86. The number of benzene rings is 3. The number of carbonyl (C=O) groups excluding carboxylic acids is 2. The molecule has 0 aliphatic heterocycles. The lowest BCUT2D eigenvalue weighted by Crippen LogP contribution is -2.54. The molecule has 0 spiro atoms. The first kappa shape index (κ1) is 31.2. The molecule has 0 heterocycles. The number of rotatable bonds is 9. The van der Waals surface area contributed by atoms with Crippen LogP contribution in [0.5, 0.6) is 0 Å². The number of aryl methyl sites for hydroxylation is 3. The topological polar surface area (TPSA) is 86.8 Å². The van der Waals surface area contributed by atoms with Gasteiger partial charge in [0.2, 0.25) is 11.8 Å². The van der Waals surface area contributed by atoms with Gasteiger partial charge in [0.15, 0.2) is 0 Å². The first-order valence-electron chi connectivity index (χ1n) is 13.1. The predicted molar refractivity (Wildman–Crippen MR) is 161 cm³/mol. The highest BCUT2D eigenvalue weighted by atomic mass is 35.5. The van der Waals surface area contributed by atoms with Gasteiger partial charge in [0.25, 0.3) is 10.0 Å². The van der Waals surface area contributed by atoms with Crippen molar-refractivity contribution in [2.75, 3.05) is 10.8 Å². The van der Waals surface area contributed by atoms with E-state index in [2.05, 4.69) is 5.32 Å². The Kier molecular flexibility index (Phi) is 9.69. The summed E-state index contributed by atoms with van der Waals surface area (Å²) in [5.74, 6) is -0.833. The quantitative estimate of drug-likeness (QED) is 0.345. The van der Waals surface area contributed by atoms with E-state index in [1.807, 2.05) is 71.9 Å². The van der Waals surface area contributed by atoms with Crippen molar-refractivity contribution in [3.63, 3.8) is 0 Å². The minimum atomic E-state index is -4.16. The Morgan fingerprint density at radius 1 is 0.925 bits per heavy atom. The van der Waals surface area contributed by atoms with Crippen molar-refractivity contribution in [2.45, 2.75) is 71.5 Å². The Balaban J connectivity index is 2.07. The van der Waals surface area contributed by atoms with Gasteiger partial charge in [-0.15, -0.1) is 0 Å². The highest BCUT2D eigenvalue weighted by molar-refractivity contribution is 7.92. The molecular formula is C31H38ClN3O4S. The van der Waals surface area contributed by atoms with Crippen LogP contribution in [0.1, 0.15) is 49.9 Å². The van der Waals surface area contributed by atoms with Gasteiger partial charge in [0.1, 0.15) is 12.6 Å². The molecule has 0 aromatic heterocycles. The molecule has 3 aromatic rings. The van der Waals surface area contributed by atoms with Crippen LogP contribution in [0.15, 0.2) is 71.6 Å². The minimum absolute atomic E-state index is 0.00619. The number of halogens is 1. The average molecular weight is 584 g/mol.